The topological polar surface area (TPSA) is 88.2 Å². The minimum Gasteiger partial charge on any atom is -0.479 e. The number of nitrogens with one attached hydrogen (secondary N) is 1. The van der Waals surface area contributed by atoms with E-state index in [9.17, 15) is 14.4 Å². The highest BCUT2D eigenvalue weighted by atomic mass is 35.5. The van der Waals surface area contributed by atoms with E-state index in [1.165, 1.54) is 13.2 Å². The molecule has 1 saturated heterocycles. The van der Waals surface area contributed by atoms with E-state index >= 15 is 0 Å². The van der Waals surface area contributed by atoms with E-state index in [1.807, 2.05) is 18.2 Å². The summed E-state index contributed by atoms with van der Waals surface area (Å²) in [6.45, 7) is 3.71. The molecular weight excluding hydrogens is 529 g/mol. The molecule has 1 aliphatic rings. The molecule has 3 aromatic rings. The molecule has 198 valence electrons. The SMILES string of the molecule is COC(=O)c1ccc(N2CCN(C(=O)c3ccccc3)CC2)c(NC(=O)C(C)Oc2ccc(Cl)cc2Cl)c1. The van der Waals surface area contributed by atoms with E-state index < -0.39 is 18.0 Å². The molecule has 1 fully saturated rings. The Bertz CT molecular complexity index is 1330. The normalized spacial score (nSPS) is 14.0. The summed E-state index contributed by atoms with van der Waals surface area (Å²) in [4.78, 5) is 42.0. The van der Waals surface area contributed by atoms with Crippen LogP contribution in [0.5, 0.6) is 5.75 Å². The molecule has 4 rings (SSSR count). The maximum atomic E-state index is 13.1. The van der Waals surface area contributed by atoms with Crippen LogP contribution in [-0.4, -0.2) is 62.1 Å². The van der Waals surface area contributed by atoms with Crippen LogP contribution in [0.1, 0.15) is 27.6 Å². The van der Waals surface area contributed by atoms with Crippen LogP contribution in [0.3, 0.4) is 0 Å². The van der Waals surface area contributed by atoms with Crippen molar-refractivity contribution in [3.8, 4) is 5.75 Å². The second-order valence-corrected chi connectivity index (χ2v) is 9.54. The highest BCUT2D eigenvalue weighted by molar-refractivity contribution is 6.35. The zero-order valence-corrected chi connectivity index (χ0v) is 22.5. The summed E-state index contributed by atoms with van der Waals surface area (Å²) < 4.78 is 10.6. The Balaban J connectivity index is 1.50. The predicted molar refractivity (Wildman–Crippen MR) is 148 cm³/mol. The largest absolute Gasteiger partial charge is 0.479 e. The van der Waals surface area contributed by atoms with Crippen molar-refractivity contribution < 1.29 is 23.9 Å². The number of anilines is 2. The average Bonchev–Trinajstić information content (AvgIpc) is 2.94. The highest BCUT2D eigenvalue weighted by Crippen LogP contribution is 2.31. The number of piperazine rings is 1. The van der Waals surface area contributed by atoms with Crippen molar-refractivity contribution in [2.24, 2.45) is 0 Å². The van der Waals surface area contributed by atoms with E-state index in [0.29, 0.717) is 53.8 Å². The van der Waals surface area contributed by atoms with Gasteiger partial charge in [-0.25, -0.2) is 4.79 Å². The monoisotopic (exact) mass is 555 g/mol. The van der Waals surface area contributed by atoms with Crippen molar-refractivity contribution in [3.05, 3.63) is 87.9 Å². The summed E-state index contributed by atoms with van der Waals surface area (Å²) in [6.07, 6.45) is -0.899. The molecule has 1 aliphatic heterocycles. The van der Waals surface area contributed by atoms with Gasteiger partial charge in [0, 0.05) is 36.8 Å². The number of carbonyl (C=O) groups excluding carboxylic acids is 3. The lowest BCUT2D eigenvalue weighted by Gasteiger charge is -2.37. The number of hydrogen-bond acceptors (Lipinski definition) is 6. The summed E-state index contributed by atoms with van der Waals surface area (Å²) in [5, 5.41) is 3.61. The van der Waals surface area contributed by atoms with Crippen molar-refractivity contribution in [2.75, 3.05) is 43.5 Å². The molecule has 38 heavy (non-hydrogen) atoms. The molecular formula is C28H27Cl2N3O5. The minimum atomic E-state index is -0.899. The third kappa shape index (κ3) is 6.38. The van der Waals surface area contributed by atoms with E-state index in [-0.39, 0.29) is 10.9 Å². The molecule has 8 nitrogen and oxygen atoms in total. The lowest BCUT2D eigenvalue weighted by atomic mass is 10.1. The average molecular weight is 556 g/mol. The van der Waals surface area contributed by atoms with Crippen molar-refractivity contribution >= 4 is 52.4 Å². The Morgan fingerprint density at radius 3 is 2.26 bits per heavy atom. The molecule has 1 atom stereocenters. The first kappa shape index (κ1) is 27.3. The van der Waals surface area contributed by atoms with Gasteiger partial charge in [-0.05, 0) is 55.5 Å². The lowest BCUT2D eigenvalue weighted by molar-refractivity contribution is -0.122. The number of benzene rings is 3. The molecule has 1 heterocycles. The number of amides is 2. The van der Waals surface area contributed by atoms with Crippen LogP contribution < -0.4 is 15.0 Å². The van der Waals surface area contributed by atoms with E-state index in [0.717, 1.165) is 5.69 Å². The van der Waals surface area contributed by atoms with Gasteiger partial charge < -0.3 is 24.6 Å². The number of hydrogen-bond donors (Lipinski definition) is 1. The second kappa shape index (κ2) is 12.2. The first-order chi connectivity index (χ1) is 18.3. The van der Waals surface area contributed by atoms with Crippen molar-refractivity contribution in [1.82, 2.24) is 4.90 Å². The van der Waals surface area contributed by atoms with Crippen LogP contribution in [0.25, 0.3) is 0 Å². The summed E-state index contributed by atoms with van der Waals surface area (Å²) in [7, 11) is 1.29. The standard InChI is InChI=1S/C28H27Cl2N3O5/c1-18(38-25-11-9-21(29)17-22(25)30)26(34)31-23-16-20(28(36)37-2)8-10-24(23)32-12-14-33(15-13-32)27(35)19-6-4-3-5-7-19/h3-11,16-18H,12-15H2,1-2H3,(H,31,34). The molecule has 10 heteroatoms. The molecule has 2 amide bonds. The number of rotatable bonds is 7. The van der Waals surface area contributed by atoms with Crippen LogP contribution in [0.15, 0.2) is 66.7 Å². The number of esters is 1. The highest BCUT2D eigenvalue weighted by Gasteiger charge is 2.25. The van der Waals surface area contributed by atoms with Crippen LogP contribution in [-0.2, 0) is 9.53 Å². The van der Waals surface area contributed by atoms with Gasteiger partial charge in [-0.3, -0.25) is 9.59 Å². The van der Waals surface area contributed by atoms with Crippen molar-refractivity contribution in [1.29, 1.82) is 0 Å². The first-order valence-corrected chi connectivity index (χ1v) is 12.8. The molecule has 0 aliphatic carbocycles. The van der Waals surface area contributed by atoms with E-state index in [2.05, 4.69) is 10.2 Å². The molecule has 0 radical (unpaired) electrons. The summed E-state index contributed by atoms with van der Waals surface area (Å²) in [5.74, 6) is -0.659. The van der Waals surface area contributed by atoms with Gasteiger partial charge in [-0.2, -0.15) is 0 Å². The third-order valence-corrected chi connectivity index (χ3v) is 6.70. The van der Waals surface area contributed by atoms with Crippen LogP contribution in [0, 0.1) is 0 Å². The Kier molecular flexibility index (Phi) is 8.76. The quantitative estimate of drug-likeness (QED) is 0.405. The number of carbonyl (C=O) groups is 3. The molecule has 0 spiro atoms. The number of ether oxygens (including phenoxy) is 2. The number of nitrogens with zero attached hydrogens (tertiary/aromatic N) is 2. The van der Waals surface area contributed by atoms with Gasteiger partial charge in [0.1, 0.15) is 5.75 Å². The smallest absolute Gasteiger partial charge is 0.337 e. The lowest BCUT2D eigenvalue weighted by Crippen LogP contribution is -2.49. The molecule has 3 aromatic carbocycles. The summed E-state index contributed by atoms with van der Waals surface area (Å²) in [6, 6.07) is 18.9. The van der Waals surface area contributed by atoms with Crippen molar-refractivity contribution in [3.63, 3.8) is 0 Å². The Labute approximate surface area is 231 Å². The molecule has 1 unspecified atom stereocenters. The van der Waals surface area contributed by atoms with Crippen molar-refractivity contribution in [2.45, 2.75) is 13.0 Å². The zero-order chi connectivity index (χ0) is 27.2. The molecule has 0 aromatic heterocycles. The Hall–Kier alpha value is -3.75. The Morgan fingerprint density at radius 2 is 1.61 bits per heavy atom. The van der Waals surface area contributed by atoms with Gasteiger partial charge in [-0.1, -0.05) is 41.4 Å². The zero-order valence-electron chi connectivity index (χ0n) is 20.9. The van der Waals surface area contributed by atoms with Gasteiger partial charge in [0.05, 0.1) is 29.1 Å². The van der Waals surface area contributed by atoms with Gasteiger partial charge in [0.25, 0.3) is 11.8 Å². The maximum Gasteiger partial charge on any atom is 0.337 e. The van der Waals surface area contributed by atoms with Gasteiger partial charge >= 0.3 is 5.97 Å². The van der Waals surface area contributed by atoms with E-state index in [4.69, 9.17) is 32.7 Å². The summed E-state index contributed by atoms with van der Waals surface area (Å²) >= 11 is 12.1. The van der Waals surface area contributed by atoms with E-state index in [1.54, 1.807) is 54.3 Å². The van der Waals surface area contributed by atoms with Crippen LogP contribution >= 0.6 is 23.2 Å². The van der Waals surface area contributed by atoms with Crippen LogP contribution in [0.2, 0.25) is 10.0 Å². The van der Waals surface area contributed by atoms with Crippen LogP contribution in [0.4, 0.5) is 11.4 Å². The fourth-order valence-electron chi connectivity index (χ4n) is 4.12. The molecule has 0 saturated carbocycles. The predicted octanol–water partition coefficient (Wildman–Crippen LogP) is 5.15. The number of methoxy groups -OCH3 is 1. The van der Waals surface area contributed by atoms with Gasteiger partial charge in [0.2, 0.25) is 0 Å². The first-order valence-electron chi connectivity index (χ1n) is 12.0. The van der Waals surface area contributed by atoms with Gasteiger partial charge in [-0.15, -0.1) is 0 Å². The fraction of sp³-hybridized carbons (Fsp3) is 0.250. The molecule has 0 bridgehead atoms. The van der Waals surface area contributed by atoms with Gasteiger partial charge in [0.15, 0.2) is 6.10 Å². The number of halogens is 2. The summed E-state index contributed by atoms with van der Waals surface area (Å²) in [5.41, 5.74) is 2.08. The second-order valence-electron chi connectivity index (χ2n) is 8.69. The fourth-order valence-corrected chi connectivity index (χ4v) is 4.57. The third-order valence-electron chi connectivity index (χ3n) is 6.17. The Morgan fingerprint density at radius 1 is 0.895 bits per heavy atom. The molecule has 1 N–H and O–H groups in total. The minimum absolute atomic E-state index is 0.0216. The maximum absolute atomic E-state index is 13.1.